The highest BCUT2D eigenvalue weighted by Crippen LogP contribution is 2.17. The van der Waals surface area contributed by atoms with Gasteiger partial charge in [-0.3, -0.25) is 0 Å². The Balaban J connectivity index is 3.37. The van der Waals surface area contributed by atoms with Gasteiger partial charge in [-0.05, 0) is 31.0 Å². The molecule has 0 atom stereocenters. The molecule has 1 aromatic rings. The maximum Gasteiger partial charge on any atom is 0.338 e. The van der Waals surface area contributed by atoms with E-state index in [4.69, 9.17) is 6.42 Å². The summed E-state index contributed by atoms with van der Waals surface area (Å²) < 4.78 is 4.65. The van der Waals surface area contributed by atoms with Crippen LogP contribution >= 0.6 is 0 Å². The van der Waals surface area contributed by atoms with Crippen molar-refractivity contribution in [1.82, 2.24) is 0 Å². The summed E-state index contributed by atoms with van der Waals surface area (Å²) in [5.41, 5.74) is 3.11. The lowest BCUT2D eigenvalue weighted by Gasteiger charge is -2.08. The SMILES string of the molecule is C#Cc1c(C)ccc(C(=O)OC)c1C. The monoisotopic (exact) mass is 188 g/mol. The van der Waals surface area contributed by atoms with Gasteiger partial charge in [-0.1, -0.05) is 12.0 Å². The van der Waals surface area contributed by atoms with Crippen molar-refractivity contribution in [3.05, 3.63) is 34.4 Å². The molecule has 0 aliphatic heterocycles. The zero-order valence-corrected chi connectivity index (χ0v) is 8.55. The molecule has 72 valence electrons. The minimum absolute atomic E-state index is 0.348. The van der Waals surface area contributed by atoms with E-state index in [1.54, 1.807) is 6.07 Å². The van der Waals surface area contributed by atoms with Crippen molar-refractivity contribution < 1.29 is 9.53 Å². The fourth-order valence-corrected chi connectivity index (χ4v) is 1.40. The van der Waals surface area contributed by atoms with Crippen molar-refractivity contribution in [2.45, 2.75) is 13.8 Å². The lowest BCUT2D eigenvalue weighted by molar-refractivity contribution is 0.0600. The van der Waals surface area contributed by atoms with E-state index in [9.17, 15) is 4.79 Å². The quantitative estimate of drug-likeness (QED) is 0.498. The number of terminal acetylenes is 1. The van der Waals surface area contributed by atoms with Gasteiger partial charge in [0.15, 0.2) is 0 Å². The molecule has 0 N–H and O–H groups in total. The van der Waals surface area contributed by atoms with Crippen molar-refractivity contribution in [3.63, 3.8) is 0 Å². The molecule has 2 heteroatoms. The Bertz CT molecular complexity index is 411. The summed E-state index contributed by atoms with van der Waals surface area (Å²) in [6.07, 6.45) is 5.36. The molecule has 1 rings (SSSR count). The zero-order valence-electron chi connectivity index (χ0n) is 8.55. The van der Waals surface area contributed by atoms with Gasteiger partial charge in [0.1, 0.15) is 0 Å². The van der Waals surface area contributed by atoms with E-state index in [0.29, 0.717) is 5.56 Å². The summed E-state index contributed by atoms with van der Waals surface area (Å²) in [6, 6.07) is 3.56. The van der Waals surface area contributed by atoms with Crippen molar-refractivity contribution in [2.24, 2.45) is 0 Å². The summed E-state index contributed by atoms with van der Waals surface area (Å²) in [6.45, 7) is 3.75. The summed E-state index contributed by atoms with van der Waals surface area (Å²) in [7, 11) is 1.36. The minimum atomic E-state index is -0.348. The lowest BCUT2D eigenvalue weighted by Crippen LogP contribution is -2.05. The predicted octanol–water partition coefficient (Wildman–Crippen LogP) is 2.07. The molecule has 0 aromatic heterocycles. The average Bonchev–Trinajstić information content (AvgIpc) is 2.18. The summed E-state index contributed by atoms with van der Waals surface area (Å²) in [5, 5.41) is 0. The molecule has 0 aliphatic carbocycles. The third-order valence-corrected chi connectivity index (χ3v) is 2.22. The Kier molecular flexibility index (Phi) is 2.93. The van der Waals surface area contributed by atoms with Gasteiger partial charge in [0, 0.05) is 5.56 Å². The van der Waals surface area contributed by atoms with Gasteiger partial charge in [0.25, 0.3) is 0 Å². The number of hydrogen-bond acceptors (Lipinski definition) is 2. The molecule has 14 heavy (non-hydrogen) atoms. The molecule has 0 amide bonds. The van der Waals surface area contributed by atoms with E-state index in [2.05, 4.69) is 10.7 Å². The highest BCUT2D eigenvalue weighted by atomic mass is 16.5. The molecule has 2 nitrogen and oxygen atoms in total. The number of benzene rings is 1. The normalized spacial score (nSPS) is 9.29. The van der Waals surface area contributed by atoms with E-state index in [1.165, 1.54) is 7.11 Å². The van der Waals surface area contributed by atoms with Gasteiger partial charge in [-0.15, -0.1) is 6.42 Å². The minimum Gasteiger partial charge on any atom is -0.465 e. The number of carbonyl (C=O) groups excluding carboxylic acids is 1. The predicted molar refractivity (Wildman–Crippen MR) is 55.2 cm³/mol. The number of esters is 1. The highest BCUT2D eigenvalue weighted by molar-refractivity contribution is 5.91. The van der Waals surface area contributed by atoms with Crippen molar-refractivity contribution in [1.29, 1.82) is 0 Å². The van der Waals surface area contributed by atoms with Crippen LogP contribution in [0.4, 0.5) is 0 Å². The molecule has 0 unspecified atom stereocenters. The van der Waals surface area contributed by atoms with Gasteiger partial charge in [-0.2, -0.15) is 0 Å². The molecule has 0 fully saturated rings. The van der Waals surface area contributed by atoms with E-state index >= 15 is 0 Å². The number of hydrogen-bond donors (Lipinski definition) is 0. The number of carbonyl (C=O) groups is 1. The fourth-order valence-electron chi connectivity index (χ4n) is 1.40. The van der Waals surface area contributed by atoms with E-state index < -0.39 is 0 Å². The first-order valence-corrected chi connectivity index (χ1v) is 4.27. The Labute approximate surface area is 83.9 Å². The molecule has 1 aromatic carbocycles. The van der Waals surface area contributed by atoms with Gasteiger partial charge in [0.05, 0.1) is 12.7 Å². The van der Waals surface area contributed by atoms with Crippen LogP contribution in [0.2, 0.25) is 0 Å². The Morgan fingerprint density at radius 1 is 1.43 bits per heavy atom. The zero-order chi connectivity index (χ0) is 10.7. The first kappa shape index (κ1) is 10.3. The van der Waals surface area contributed by atoms with Crippen LogP contribution in [0, 0.1) is 26.2 Å². The number of methoxy groups -OCH3 is 1. The van der Waals surface area contributed by atoms with Crippen LogP contribution in [0.3, 0.4) is 0 Å². The van der Waals surface area contributed by atoms with Crippen molar-refractivity contribution in [3.8, 4) is 12.3 Å². The van der Waals surface area contributed by atoms with Crippen LogP contribution in [0.15, 0.2) is 12.1 Å². The number of rotatable bonds is 1. The fraction of sp³-hybridized carbons (Fsp3) is 0.250. The molecule has 0 bridgehead atoms. The summed E-state index contributed by atoms with van der Waals surface area (Å²) in [4.78, 5) is 11.3. The van der Waals surface area contributed by atoms with Gasteiger partial charge in [-0.25, -0.2) is 4.79 Å². The molecular weight excluding hydrogens is 176 g/mol. The third kappa shape index (κ3) is 1.62. The molecular formula is C12H12O2. The largest absolute Gasteiger partial charge is 0.465 e. The number of aryl methyl sites for hydroxylation is 1. The lowest BCUT2D eigenvalue weighted by atomic mass is 9.98. The second kappa shape index (κ2) is 3.97. The van der Waals surface area contributed by atoms with Gasteiger partial charge < -0.3 is 4.74 Å². The van der Waals surface area contributed by atoms with Gasteiger partial charge in [0.2, 0.25) is 0 Å². The van der Waals surface area contributed by atoms with Gasteiger partial charge >= 0.3 is 5.97 Å². The second-order valence-electron chi connectivity index (χ2n) is 3.07. The average molecular weight is 188 g/mol. The Morgan fingerprint density at radius 2 is 2.07 bits per heavy atom. The van der Waals surface area contributed by atoms with E-state index in [-0.39, 0.29) is 5.97 Å². The highest BCUT2D eigenvalue weighted by Gasteiger charge is 2.12. The van der Waals surface area contributed by atoms with Crippen molar-refractivity contribution >= 4 is 5.97 Å². The molecule has 0 spiro atoms. The van der Waals surface area contributed by atoms with Crippen LogP contribution in [0.1, 0.15) is 27.0 Å². The molecule has 0 aliphatic rings. The maximum absolute atomic E-state index is 11.3. The molecule has 0 saturated carbocycles. The first-order chi connectivity index (χ1) is 6.61. The first-order valence-electron chi connectivity index (χ1n) is 4.27. The van der Waals surface area contributed by atoms with Crippen molar-refractivity contribution in [2.75, 3.05) is 7.11 Å². The summed E-state index contributed by atoms with van der Waals surface area (Å²) in [5.74, 6) is 2.23. The number of ether oxygens (including phenoxy) is 1. The Morgan fingerprint density at radius 3 is 2.57 bits per heavy atom. The molecule has 0 saturated heterocycles. The van der Waals surface area contributed by atoms with Crippen LogP contribution in [0.5, 0.6) is 0 Å². The smallest absolute Gasteiger partial charge is 0.338 e. The van der Waals surface area contributed by atoms with E-state index in [1.807, 2.05) is 19.9 Å². The van der Waals surface area contributed by atoms with E-state index in [0.717, 1.165) is 16.7 Å². The summed E-state index contributed by atoms with van der Waals surface area (Å²) >= 11 is 0. The van der Waals surface area contributed by atoms with Crippen LogP contribution in [-0.2, 0) is 4.74 Å². The maximum atomic E-state index is 11.3. The molecule has 0 heterocycles. The second-order valence-corrected chi connectivity index (χ2v) is 3.07. The van der Waals surface area contributed by atoms with Crippen LogP contribution < -0.4 is 0 Å². The van der Waals surface area contributed by atoms with Crippen LogP contribution in [-0.4, -0.2) is 13.1 Å². The third-order valence-electron chi connectivity index (χ3n) is 2.22. The topological polar surface area (TPSA) is 26.3 Å². The van der Waals surface area contributed by atoms with Crippen LogP contribution in [0.25, 0.3) is 0 Å². The molecule has 0 radical (unpaired) electrons. The Hall–Kier alpha value is -1.75. The standard InChI is InChI=1S/C12H12O2/c1-5-10-8(2)6-7-11(9(10)3)12(13)14-4/h1,6-7H,2-4H3.